The number of hydrogen-bond donors (Lipinski definition) is 3. The molecule has 0 fully saturated rings. The smallest absolute Gasteiger partial charge is 0.251 e. The van der Waals surface area contributed by atoms with Crippen molar-refractivity contribution in [3.63, 3.8) is 0 Å². The van der Waals surface area contributed by atoms with Gasteiger partial charge >= 0.3 is 0 Å². The molecule has 2 aromatic rings. The number of fused-ring (bicyclic) bond motifs is 1. The molecule has 7 nitrogen and oxygen atoms in total. The highest BCUT2D eigenvalue weighted by Crippen LogP contribution is 2.32. The Hall–Kier alpha value is -3.29. The van der Waals surface area contributed by atoms with Crippen LogP contribution in [-0.2, 0) is 6.54 Å². The number of carbonyl (C=O) groups is 1. The molecular formula is C20H23FN4O3. The van der Waals surface area contributed by atoms with Crippen LogP contribution in [0.2, 0.25) is 0 Å². The van der Waals surface area contributed by atoms with E-state index < -0.39 is 0 Å². The number of rotatable bonds is 6. The third-order valence-corrected chi connectivity index (χ3v) is 4.26. The number of guanidine groups is 1. The van der Waals surface area contributed by atoms with E-state index in [2.05, 4.69) is 20.9 Å². The molecule has 0 bridgehead atoms. The highest BCUT2D eigenvalue weighted by atomic mass is 19.1. The SMILES string of the molecule is CN=C(NCCNC(=O)c1ccc(C)c(F)c1)NCc1ccc2c(c1)OCO2. The minimum Gasteiger partial charge on any atom is -0.454 e. The van der Waals surface area contributed by atoms with Crippen LogP contribution in [0.15, 0.2) is 41.4 Å². The molecule has 0 saturated heterocycles. The Morgan fingerprint density at radius 3 is 2.64 bits per heavy atom. The molecule has 1 amide bonds. The number of aliphatic imine (C=N–C) groups is 1. The monoisotopic (exact) mass is 386 g/mol. The summed E-state index contributed by atoms with van der Waals surface area (Å²) in [6.45, 7) is 3.31. The van der Waals surface area contributed by atoms with Crippen molar-refractivity contribution >= 4 is 11.9 Å². The van der Waals surface area contributed by atoms with E-state index in [-0.39, 0.29) is 18.5 Å². The van der Waals surface area contributed by atoms with Crippen LogP contribution in [0.5, 0.6) is 11.5 Å². The number of ether oxygens (including phenoxy) is 2. The zero-order valence-electron chi connectivity index (χ0n) is 15.8. The molecule has 0 aromatic heterocycles. The molecule has 1 aliphatic rings. The lowest BCUT2D eigenvalue weighted by atomic mass is 10.1. The average Bonchev–Trinajstić information content (AvgIpc) is 3.17. The first-order chi connectivity index (χ1) is 13.6. The topological polar surface area (TPSA) is 84.0 Å². The lowest BCUT2D eigenvalue weighted by Crippen LogP contribution is -2.41. The van der Waals surface area contributed by atoms with Crippen molar-refractivity contribution in [2.75, 3.05) is 26.9 Å². The van der Waals surface area contributed by atoms with Gasteiger partial charge in [0.1, 0.15) is 5.82 Å². The Morgan fingerprint density at radius 1 is 1.07 bits per heavy atom. The summed E-state index contributed by atoms with van der Waals surface area (Å²) in [6.07, 6.45) is 0. The molecule has 0 atom stereocenters. The van der Waals surface area contributed by atoms with Crippen molar-refractivity contribution in [2.24, 2.45) is 4.99 Å². The second kappa shape index (κ2) is 9.07. The van der Waals surface area contributed by atoms with Crippen LogP contribution in [0.4, 0.5) is 4.39 Å². The Bertz CT molecular complexity index is 886. The number of benzene rings is 2. The van der Waals surface area contributed by atoms with Crippen LogP contribution in [0, 0.1) is 12.7 Å². The molecule has 3 rings (SSSR count). The molecule has 8 heteroatoms. The van der Waals surface area contributed by atoms with Crippen LogP contribution in [0.25, 0.3) is 0 Å². The Morgan fingerprint density at radius 2 is 1.86 bits per heavy atom. The molecule has 0 spiro atoms. The number of halogens is 1. The van der Waals surface area contributed by atoms with E-state index in [9.17, 15) is 9.18 Å². The number of nitrogens with zero attached hydrogens (tertiary/aromatic N) is 1. The van der Waals surface area contributed by atoms with Gasteiger partial charge < -0.3 is 25.4 Å². The molecule has 148 valence electrons. The third kappa shape index (κ3) is 4.91. The number of hydrogen-bond acceptors (Lipinski definition) is 4. The predicted molar refractivity (Wildman–Crippen MR) is 104 cm³/mol. The predicted octanol–water partition coefficient (Wildman–Crippen LogP) is 1.96. The molecule has 1 heterocycles. The van der Waals surface area contributed by atoms with Crippen molar-refractivity contribution in [1.29, 1.82) is 0 Å². The zero-order valence-corrected chi connectivity index (χ0v) is 15.8. The first kappa shape index (κ1) is 19.5. The lowest BCUT2D eigenvalue weighted by molar-refractivity contribution is 0.0954. The van der Waals surface area contributed by atoms with Crippen LogP contribution < -0.4 is 25.4 Å². The standard InChI is InChI=1S/C20H23FN4O3/c1-13-3-5-15(10-16(13)21)19(26)23-7-8-24-20(22-2)25-11-14-4-6-17-18(9-14)28-12-27-17/h3-6,9-10H,7-8,11-12H2,1-2H3,(H,23,26)(H2,22,24,25). The van der Waals surface area contributed by atoms with Crippen molar-refractivity contribution in [3.05, 3.63) is 58.9 Å². The fourth-order valence-corrected chi connectivity index (χ4v) is 2.65. The van der Waals surface area contributed by atoms with Crippen molar-refractivity contribution in [1.82, 2.24) is 16.0 Å². The Labute approximate surface area is 163 Å². The fraction of sp³-hybridized carbons (Fsp3) is 0.300. The maximum Gasteiger partial charge on any atom is 0.251 e. The van der Waals surface area contributed by atoms with Crippen LogP contribution in [0.1, 0.15) is 21.5 Å². The molecule has 2 aromatic carbocycles. The summed E-state index contributed by atoms with van der Waals surface area (Å²) in [4.78, 5) is 16.2. The van der Waals surface area contributed by atoms with E-state index in [1.54, 1.807) is 26.1 Å². The highest BCUT2D eigenvalue weighted by molar-refractivity contribution is 5.94. The van der Waals surface area contributed by atoms with E-state index in [1.165, 1.54) is 6.07 Å². The molecule has 0 unspecified atom stereocenters. The first-order valence-electron chi connectivity index (χ1n) is 8.94. The van der Waals surface area contributed by atoms with E-state index in [0.717, 1.165) is 17.1 Å². The van der Waals surface area contributed by atoms with Gasteiger partial charge in [-0.25, -0.2) is 4.39 Å². The van der Waals surface area contributed by atoms with Gasteiger partial charge in [0.15, 0.2) is 17.5 Å². The van der Waals surface area contributed by atoms with Gasteiger partial charge in [-0.15, -0.1) is 0 Å². The quantitative estimate of drug-likeness (QED) is 0.402. The number of carbonyl (C=O) groups excluding carboxylic acids is 1. The number of amides is 1. The molecule has 28 heavy (non-hydrogen) atoms. The zero-order chi connectivity index (χ0) is 19.9. The minimum absolute atomic E-state index is 0.246. The van der Waals surface area contributed by atoms with Gasteiger partial charge in [0, 0.05) is 32.2 Å². The average molecular weight is 386 g/mol. The van der Waals surface area contributed by atoms with Crippen LogP contribution in [0.3, 0.4) is 0 Å². The molecule has 0 saturated carbocycles. The maximum absolute atomic E-state index is 13.5. The molecule has 0 aliphatic carbocycles. The van der Waals surface area contributed by atoms with E-state index in [4.69, 9.17) is 9.47 Å². The summed E-state index contributed by atoms with van der Waals surface area (Å²) in [5, 5.41) is 9.05. The van der Waals surface area contributed by atoms with E-state index >= 15 is 0 Å². The first-order valence-corrected chi connectivity index (χ1v) is 8.94. The third-order valence-electron chi connectivity index (χ3n) is 4.26. The van der Waals surface area contributed by atoms with Crippen LogP contribution in [-0.4, -0.2) is 38.8 Å². The normalized spacial score (nSPS) is 12.6. The maximum atomic E-state index is 13.5. The highest BCUT2D eigenvalue weighted by Gasteiger charge is 2.13. The van der Waals surface area contributed by atoms with Crippen molar-refractivity contribution < 1.29 is 18.7 Å². The fourth-order valence-electron chi connectivity index (χ4n) is 2.65. The second-order valence-corrected chi connectivity index (χ2v) is 6.26. The number of nitrogens with one attached hydrogen (secondary N) is 3. The lowest BCUT2D eigenvalue weighted by Gasteiger charge is -2.13. The largest absolute Gasteiger partial charge is 0.454 e. The second-order valence-electron chi connectivity index (χ2n) is 6.26. The molecular weight excluding hydrogens is 363 g/mol. The molecule has 1 aliphatic heterocycles. The van der Waals surface area contributed by atoms with Crippen LogP contribution >= 0.6 is 0 Å². The minimum atomic E-state index is -0.390. The number of aryl methyl sites for hydroxylation is 1. The van der Waals surface area contributed by atoms with Crippen molar-refractivity contribution in [2.45, 2.75) is 13.5 Å². The van der Waals surface area contributed by atoms with Gasteiger partial charge in [0.05, 0.1) is 0 Å². The summed E-state index contributed by atoms with van der Waals surface area (Å²) in [5.41, 5.74) is 1.84. The van der Waals surface area contributed by atoms with Gasteiger partial charge in [-0.1, -0.05) is 12.1 Å². The van der Waals surface area contributed by atoms with E-state index in [0.29, 0.717) is 36.7 Å². The molecule has 3 N–H and O–H groups in total. The van der Waals surface area contributed by atoms with Gasteiger partial charge in [-0.3, -0.25) is 9.79 Å². The Kier molecular flexibility index (Phi) is 6.31. The Balaban J connectivity index is 1.40. The molecule has 0 radical (unpaired) electrons. The van der Waals surface area contributed by atoms with E-state index in [1.807, 2.05) is 18.2 Å². The van der Waals surface area contributed by atoms with Gasteiger partial charge in [-0.05, 0) is 42.3 Å². The van der Waals surface area contributed by atoms with Gasteiger partial charge in [0.2, 0.25) is 6.79 Å². The van der Waals surface area contributed by atoms with Crippen molar-refractivity contribution in [3.8, 4) is 11.5 Å². The van der Waals surface area contributed by atoms with Gasteiger partial charge in [-0.2, -0.15) is 0 Å². The summed E-state index contributed by atoms with van der Waals surface area (Å²) in [5.74, 6) is 1.38. The summed E-state index contributed by atoms with van der Waals surface area (Å²) in [7, 11) is 1.67. The summed E-state index contributed by atoms with van der Waals surface area (Å²) in [6, 6.07) is 10.2. The summed E-state index contributed by atoms with van der Waals surface area (Å²) >= 11 is 0. The van der Waals surface area contributed by atoms with Gasteiger partial charge in [0.25, 0.3) is 5.91 Å². The summed E-state index contributed by atoms with van der Waals surface area (Å²) < 4.78 is 24.2.